The molecule has 7 nitrogen and oxygen atoms in total. The van der Waals surface area contributed by atoms with Gasteiger partial charge in [0, 0.05) is 18.2 Å². The number of hydrogen-bond donors (Lipinski definition) is 2. The summed E-state index contributed by atoms with van der Waals surface area (Å²) >= 11 is 0. The minimum atomic E-state index is -0.893. The minimum absolute atomic E-state index is 0.0756. The van der Waals surface area contributed by atoms with Crippen molar-refractivity contribution in [3.63, 3.8) is 0 Å². The molecule has 0 saturated heterocycles. The maximum atomic E-state index is 13.0. The Labute approximate surface area is 181 Å². The molecule has 31 heavy (non-hydrogen) atoms. The van der Waals surface area contributed by atoms with Gasteiger partial charge in [-0.15, -0.1) is 0 Å². The lowest BCUT2D eigenvalue weighted by Gasteiger charge is -2.18. The first-order valence-corrected chi connectivity index (χ1v) is 10.2. The smallest absolute Gasteiger partial charge is 0.291 e. The van der Waals surface area contributed by atoms with Crippen LogP contribution in [0.3, 0.4) is 0 Å². The van der Waals surface area contributed by atoms with E-state index in [0.29, 0.717) is 11.4 Å². The van der Waals surface area contributed by atoms with Gasteiger partial charge in [-0.2, -0.15) is 5.10 Å². The molecule has 0 bridgehead atoms. The summed E-state index contributed by atoms with van der Waals surface area (Å²) < 4.78 is 1.12. The first kappa shape index (κ1) is 22.0. The first-order valence-electron chi connectivity index (χ1n) is 10.2. The lowest BCUT2D eigenvalue weighted by molar-refractivity contribution is -0.119. The molecular formula is C24H26N4O3. The summed E-state index contributed by atoms with van der Waals surface area (Å²) in [6, 6.07) is 15.8. The van der Waals surface area contributed by atoms with Gasteiger partial charge in [0.1, 0.15) is 11.7 Å². The Bertz CT molecular complexity index is 1170. The van der Waals surface area contributed by atoms with Gasteiger partial charge >= 0.3 is 0 Å². The third kappa shape index (κ3) is 5.06. The lowest BCUT2D eigenvalue weighted by atomic mass is 10.1. The van der Waals surface area contributed by atoms with E-state index < -0.39 is 11.6 Å². The Morgan fingerprint density at radius 2 is 1.71 bits per heavy atom. The Morgan fingerprint density at radius 3 is 2.35 bits per heavy atom. The molecule has 0 fully saturated rings. The van der Waals surface area contributed by atoms with Crippen LogP contribution in [0.15, 0.2) is 59.4 Å². The highest BCUT2D eigenvalue weighted by atomic mass is 16.2. The van der Waals surface area contributed by atoms with Crippen molar-refractivity contribution in [1.82, 2.24) is 9.78 Å². The topological polar surface area (TPSA) is 93.1 Å². The number of nitrogens with one attached hydrogen (secondary N) is 2. The fourth-order valence-corrected chi connectivity index (χ4v) is 3.22. The zero-order chi connectivity index (χ0) is 22.5. The summed E-state index contributed by atoms with van der Waals surface area (Å²) in [7, 11) is 0. The molecule has 1 aromatic heterocycles. The van der Waals surface area contributed by atoms with Crippen LogP contribution in [0.25, 0.3) is 11.3 Å². The maximum absolute atomic E-state index is 13.0. The molecule has 0 unspecified atom stereocenters. The normalized spacial score (nSPS) is 11.6. The van der Waals surface area contributed by atoms with Gasteiger partial charge in [0.05, 0.1) is 5.69 Å². The van der Waals surface area contributed by atoms with Crippen molar-refractivity contribution >= 4 is 23.2 Å². The van der Waals surface area contributed by atoms with Crippen molar-refractivity contribution in [1.29, 1.82) is 0 Å². The summed E-state index contributed by atoms with van der Waals surface area (Å²) in [5.41, 5.74) is 3.57. The van der Waals surface area contributed by atoms with Crippen LogP contribution in [-0.4, -0.2) is 21.6 Å². The Balaban J connectivity index is 2.02. The molecule has 2 aromatic carbocycles. The third-order valence-corrected chi connectivity index (χ3v) is 5.00. The highest BCUT2D eigenvalue weighted by Gasteiger charge is 2.21. The zero-order valence-electron chi connectivity index (χ0n) is 18.1. The summed E-state index contributed by atoms with van der Waals surface area (Å²) in [6.45, 7) is 6.91. The summed E-state index contributed by atoms with van der Waals surface area (Å²) in [6.07, 6.45) is 0.763. The van der Waals surface area contributed by atoms with Gasteiger partial charge in [0.15, 0.2) is 0 Å². The fraction of sp³-hybridized carbons (Fsp3) is 0.250. The predicted octanol–water partition coefficient (Wildman–Crippen LogP) is 3.94. The Hall–Kier alpha value is -3.74. The highest BCUT2D eigenvalue weighted by molar-refractivity contribution is 5.94. The second-order valence-corrected chi connectivity index (χ2v) is 7.42. The van der Waals surface area contributed by atoms with Gasteiger partial charge in [0.25, 0.3) is 5.56 Å². The minimum Gasteiger partial charge on any atom is -0.324 e. The van der Waals surface area contributed by atoms with E-state index in [9.17, 15) is 14.4 Å². The Kier molecular flexibility index (Phi) is 6.65. The average molecular weight is 418 g/mol. The molecule has 0 aliphatic rings. The average Bonchev–Trinajstić information content (AvgIpc) is 2.75. The van der Waals surface area contributed by atoms with E-state index in [1.807, 2.05) is 62.4 Å². The molecule has 2 amide bonds. The van der Waals surface area contributed by atoms with E-state index >= 15 is 0 Å². The lowest BCUT2D eigenvalue weighted by Crippen LogP contribution is -2.35. The van der Waals surface area contributed by atoms with E-state index in [4.69, 9.17) is 0 Å². The number of nitrogens with zero attached hydrogens (tertiary/aromatic N) is 2. The van der Waals surface area contributed by atoms with E-state index in [0.717, 1.165) is 27.8 Å². The second-order valence-electron chi connectivity index (χ2n) is 7.42. The number of benzene rings is 2. The number of aryl methyl sites for hydroxylation is 2. The fourth-order valence-electron chi connectivity index (χ4n) is 3.22. The highest BCUT2D eigenvalue weighted by Crippen LogP contribution is 2.21. The number of rotatable bonds is 6. The number of hydrogen-bond acceptors (Lipinski definition) is 4. The summed E-state index contributed by atoms with van der Waals surface area (Å²) in [4.78, 5) is 37.6. The molecule has 160 valence electrons. The van der Waals surface area contributed by atoms with Crippen molar-refractivity contribution in [3.05, 3.63) is 76.1 Å². The SMILES string of the molecule is CCc1ccccc1NC(=O)[C@H](C)n1nc(-c2ccc(C)cc2)cc(NC(C)=O)c1=O. The molecule has 2 N–H and O–H groups in total. The van der Waals surface area contributed by atoms with Gasteiger partial charge in [-0.1, -0.05) is 55.0 Å². The molecule has 0 saturated carbocycles. The monoisotopic (exact) mass is 418 g/mol. The van der Waals surface area contributed by atoms with Crippen molar-refractivity contribution < 1.29 is 9.59 Å². The van der Waals surface area contributed by atoms with Crippen LogP contribution in [0.1, 0.15) is 37.9 Å². The molecule has 1 heterocycles. The molecule has 0 aliphatic heterocycles. The van der Waals surface area contributed by atoms with Crippen molar-refractivity contribution in [2.24, 2.45) is 0 Å². The van der Waals surface area contributed by atoms with E-state index in [1.165, 1.54) is 13.0 Å². The number of para-hydroxylation sites is 1. The quantitative estimate of drug-likeness (QED) is 0.634. The third-order valence-electron chi connectivity index (χ3n) is 5.00. The molecular weight excluding hydrogens is 392 g/mol. The molecule has 0 aliphatic carbocycles. The number of carbonyl (C=O) groups is 2. The number of carbonyl (C=O) groups excluding carboxylic acids is 2. The van der Waals surface area contributed by atoms with E-state index in [1.54, 1.807) is 6.92 Å². The van der Waals surface area contributed by atoms with Crippen LogP contribution in [-0.2, 0) is 16.0 Å². The predicted molar refractivity (Wildman–Crippen MR) is 122 cm³/mol. The van der Waals surface area contributed by atoms with E-state index in [-0.39, 0.29) is 17.5 Å². The zero-order valence-corrected chi connectivity index (χ0v) is 18.1. The number of anilines is 2. The maximum Gasteiger partial charge on any atom is 0.291 e. The van der Waals surface area contributed by atoms with Crippen LogP contribution < -0.4 is 16.2 Å². The van der Waals surface area contributed by atoms with Gasteiger partial charge in [-0.05, 0) is 38.0 Å². The van der Waals surface area contributed by atoms with Crippen LogP contribution >= 0.6 is 0 Å². The molecule has 0 spiro atoms. The summed E-state index contributed by atoms with van der Waals surface area (Å²) in [5.74, 6) is -0.746. The molecule has 0 radical (unpaired) electrons. The van der Waals surface area contributed by atoms with E-state index in [2.05, 4.69) is 15.7 Å². The molecule has 7 heteroatoms. The van der Waals surface area contributed by atoms with Crippen molar-refractivity contribution in [2.45, 2.75) is 40.2 Å². The number of aromatic nitrogens is 2. The molecule has 3 rings (SSSR count). The molecule has 3 aromatic rings. The summed E-state index contributed by atoms with van der Waals surface area (Å²) in [5, 5.41) is 9.88. The largest absolute Gasteiger partial charge is 0.324 e. The van der Waals surface area contributed by atoms with Gasteiger partial charge in [0.2, 0.25) is 11.8 Å². The van der Waals surface area contributed by atoms with Crippen LogP contribution in [0.4, 0.5) is 11.4 Å². The standard InChI is InChI=1S/C24H26N4O3/c1-5-18-8-6-7-9-20(18)26-23(30)16(3)28-24(31)22(25-17(4)29)14-21(27-28)19-12-10-15(2)11-13-19/h6-14,16H,5H2,1-4H3,(H,25,29)(H,26,30)/t16-/m0/s1. The molecule has 1 atom stereocenters. The number of amides is 2. The van der Waals surface area contributed by atoms with Crippen molar-refractivity contribution in [3.8, 4) is 11.3 Å². The van der Waals surface area contributed by atoms with Crippen LogP contribution in [0.5, 0.6) is 0 Å². The Morgan fingerprint density at radius 1 is 1.03 bits per heavy atom. The second kappa shape index (κ2) is 9.38. The van der Waals surface area contributed by atoms with Crippen LogP contribution in [0, 0.1) is 6.92 Å². The first-order chi connectivity index (χ1) is 14.8. The van der Waals surface area contributed by atoms with Crippen molar-refractivity contribution in [2.75, 3.05) is 10.6 Å². The van der Waals surface area contributed by atoms with Gasteiger partial charge < -0.3 is 10.6 Å². The van der Waals surface area contributed by atoms with Gasteiger partial charge in [-0.3, -0.25) is 14.4 Å². The van der Waals surface area contributed by atoms with Gasteiger partial charge in [-0.25, -0.2) is 4.68 Å². The van der Waals surface area contributed by atoms with Crippen LogP contribution in [0.2, 0.25) is 0 Å².